The number of nitrogens with one attached hydrogen (secondary N) is 1. The van der Waals surface area contributed by atoms with Crippen molar-refractivity contribution in [2.75, 3.05) is 18.5 Å². The third-order valence-electron chi connectivity index (χ3n) is 3.82. The molecule has 2 aliphatic rings. The Kier molecular flexibility index (Phi) is 4.05. The second kappa shape index (κ2) is 5.95. The number of rotatable bonds is 6. The zero-order valence-electron chi connectivity index (χ0n) is 12.3. The summed E-state index contributed by atoms with van der Waals surface area (Å²) in [6, 6.07) is 2.22. The number of hydrogen-bond donors (Lipinski definition) is 1. The summed E-state index contributed by atoms with van der Waals surface area (Å²) in [5.74, 6) is 2.05. The zero-order chi connectivity index (χ0) is 13.9. The molecule has 2 fully saturated rings. The van der Waals surface area contributed by atoms with Crippen LogP contribution in [0, 0.1) is 12.8 Å². The van der Waals surface area contributed by atoms with E-state index in [1.54, 1.807) is 0 Å². The summed E-state index contributed by atoms with van der Waals surface area (Å²) in [6.45, 7) is 5.58. The van der Waals surface area contributed by atoms with Gasteiger partial charge in [-0.05, 0) is 38.5 Å². The maximum atomic E-state index is 5.84. The van der Waals surface area contributed by atoms with E-state index in [0.29, 0.717) is 30.6 Å². The molecule has 2 unspecified atom stereocenters. The predicted molar refractivity (Wildman–Crippen MR) is 77.0 cm³/mol. The minimum Gasteiger partial charge on any atom is -0.478 e. The lowest BCUT2D eigenvalue weighted by molar-refractivity contribution is 0.0897. The molecule has 1 aliphatic carbocycles. The van der Waals surface area contributed by atoms with Crippen molar-refractivity contribution in [3.8, 4) is 5.88 Å². The summed E-state index contributed by atoms with van der Waals surface area (Å²) < 4.78 is 11.4. The quantitative estimate of drug-likeness (QED) is 0.866. The van der Waals surface area contributed by atoms with Crippen LogP contribution in [0.3, 0.4) is 0 Å². The van der Waals surface area contributed by atoms with Gasteiger partial charge in [-0.25, -0.2) is 4.98 Å². The zero-order valence-corrected chi connectivity index (χ0v) is 12.3. The van der Waals surface area contributed by atoms with Crippen molar-refractivity contribution in [2.45, 2.75) is 51.7 Å². The first-order chi connectivity index (χ1) is 9.76. The van der Waals surface area contributed by atoms with Gasteiger partial charge in [-0.2, -0.15) is 4.98 Å². The van der Waals surface area contributed by atoms with E-state index in [2.05, 4.69) is 22.2 Å². The minimum atomic E-state index is 0.333. The first kappa shape index (κ1) is 13.6. The second-order valence-corrected chi connectivity index (χ2v) is 5.73. The van der Waals surface area contributed by atoms with Gasteiger partial charge in [0.25, 0.3) is 0 Å². The minimum absolute atomic E-state index is 0.333. The van der Waals surface area contributed by atoms with Crippen LogP contribution in [0.25, 0.3) is 0 Å². The Labute approximate surface area is 120 Å². The molecule has 1 N–H and O–H groups in total. The highest BCUT2D eigenvalue weighted by Crippen LogP contribution is 2.39. The maximum Gasteiger partial charge on any atom is 0.226 e. The molecule has 2 atom stereocenters. The van der Waals surface area contributed by atoms with Crippen LogP contribution in [-0.2, 0) is 4.74 Å². The standard InChI is InChI=1S/C15H23N3O2/c1-3-7-19-13-9-10(2)16-15(18-13)17-12-6-8-20-14(12)11-4-5-11/h9,11-12,14H,3-8H2,1-2H3,(H,16,17,18). The molecular weight excluding hydrogens is 254 g/mol. The molecule has 1 saturated heterocycles. The van der Waals surface area contributed by atoms with Crippen molar-refractivity contribution in [3.05, 3.63) is 11.8 Å². The van der Waals surface area contributed by atoms with Gasteiger partial charge in [0.15, 0.2) is 0 Å². The Morgan fingerprint density at radius 1 is 1.35 bits per heavy atom. The molecule has 110 valence electrons. The average Bonchev–Trinajstić information content (AvgIpc) is 3.17. The Balaban J connectivity index is 1.68. The summed E-state index contributed by atoms with van der Waals surface area (Å²) >= 11 is 0. The Morgan fingerprint density at radius 3 is 2.95 bits per heavy atom. The first-order valence-corrected chi connectivity index (χ1v) is 7.63. The molecule has 3 rings (SSSR count). The largest absolute Gasteiger partial charge is 0.478 e. The van der Waals surface area contributed by atoms with Crippen LogP contribution in [0.5, 0.6) is 5.88 Å². The van der Waals surface area contributed by atoms with Crippen molar-refractivity contribution in [3.63, 3.8) is 0 Å². The Hall–Kier alpha value is -1.36. The molecule has 0 radical (unpaired) electrons. The van der Waals surface area contributed by atoms with Crippen LogP contribution in [0.2, 0.25) is 0 Å². The van der Waals surface area contributed by atoms with Crippen LogP contribution >= 0.6 is 0 Å². The smallest absolute Gasteiger partial charge is 0.226 e. The number of aryl methyl sites for hydroxylation is 1. The third kappa shape index (κ3) is 3.20. The van der Waals surface area contributed by atoms with E-state index in [1.807, 2.05) is 13.0 Å². The van der Waals surface area contributed by atoms with Gasteiger partial charge in [0.05, 0.1) is 18.8 Å². The molecule has 5 nitrogen and oxygen atoms in total. The maximum absolute atomic E-state index is 5.84. The fraction of sp³-hybridized carbons (Fsp3) is 0.733. The lowest BCUT2D eigenvalue weighted by Gasteiger charge is -2.19. The summed E-state index contributed by atoms with van der Waals surface area (Å²) in [4.78, 5) is 8.91. The van der Waals surface area contributed by atoms with E-state index in [1.165, 1.54) is 12.8 Å². The van der Waals surface area contributed by atoms with Crippen LogP contribution in [-0.4, -0.2) is 35.3 Å². The summed E-state index contributed by atoms with van der Waals surface area (Å²) in [7, 11) is 0. The monoisotopic (exact) mass is 277 g/mol. The van der Waals surface area contributed by atoms with Gasteiger partial charge in [-0.3, -0.25) is 0 Å². The van der Waals surface area contributed by atoms with E-state index < -0.39 is 0 Å². The van der Waals surface area contributed by atoms with Gasteiger partial charge in [0, 0.05) is 18.4 Å². The normalized spacial score (nSPS) is 25.7. The predicted octanol–water partition coefficient (Wildman–Crippen LogP) is 2.55. The van der Waals surface area contributed by atoms with Crippen molar-refractivity contribution in [1.29, 1.82) is 0 Å². The summed E-state index contributed by atoms with van der Waals surface area (Å²) in [5, 5.41) is 3.44. The van der Waals surface area contributed by atoms with Crippen molar-refractivity contribution in [1.82, 2.24) is 9.97 Å². The molecular formula is C15H23N3O2. The molecule has 1 aliphatic heterocycles. The van der Waals surface area contributed by atoms with E-state index in [9.17, 15) is 0 Å². The van der Waals surface area contributed by atoms with Crippen molar-refractivity contribution in [2.24, 2.45) is 5.92 Å². The highest BCUT2D eigenvalue weighted by molar-refractivity contribution is 5.32. The molecule has 20 heavy (non-hydrogen) atoms. The number of nitrogens with zero attached hydrogens (tertiary/aromatic N) is 2. The average molecular weight is 277 g/mol. The first-order valence-electron chi connectivity index (χ1n) is 7.63. The molecule has 0 amide bonds. The SMILES string of the molecule is CCCOc1cc(C)nc(NC2CCOC2C2CC2)n1. The van der Waals surface area contributed by atoms with Gasteiger partial charge in [-0.15, -0.1) is 0 Å². The Bertz CT molecular complexity index is 462. The van der Waals surface area contributed by atoms with E-state index in [-0.39, 0.29) is 0 Å². The van der Waals surface area contributed by atoms with Gasteiger partial charge in [0.1, 0.15) is 0 Å². The van der Waals surface area contributed by atoms with E-state index >= 15 is 0 Å². The topological polar surface area (TPSA) is 56.3 Å². The number of ether oxygens (including phenoxy) is 2. The van der Waals surface area contributed by atoms with E-state index in [0.717, 1.165) is 31.1 Å². The number of hydrogen-bond acceptors (Lipinski definition) is 5. The molecule has 2 heterocycles. The van der Waals surface area contributed by atoms with E-state index in [4.69, 9.17) is 9.47 Å². The highest BCUT2D eigenvalue weighted by atomic mass is 16.5. The molecule has 5 heteroatoms. The van der Waals surface area contributed by atoms with Crippen molar-refractivity contribution >= 4 is 5.95 Å². The van der Waals surface area contributed by atoms with Crippen LogP contribution < -0.4 is 10.1 Å². The Morgan fingerprint density at radius 2 is 2.20 bits per heavy atom. The second-order valence-electron chi connectivity index (χ2n) is 5.73. The van der Waals surface area contributed by atoms with Gasteiger partial charge < -0.3 is 14.8 Å². The van der Waals surface area contributed by atoms with Gasteiger partial charge in [-0.1, -0.05) is 6.92 Å². The number of anilines is 1. The fourth-order valence-electron chi connectivity index (χ4n) is 2.71. The molecule has 1 aromatic heterocycles. The number of aromatic nitrogens is 2. The highest BCUT2D eigenvalue weighted by Gasteiger charge is 2.40. The van der Waals surface area contributed by atoms with Crippen LogP contribution in [0.1, 0.15) is 38.3 Å². The lowest BCUT2D eigenvalue weighted by atomic mass is 10.1. The van der Waals surface area contributed by atoms with Gasteiger partial charge >= 0.3 is 0 Å². The summed E-state index contributed by atoms with van der Waals surface area (Å²) in [6.07, 6.45) is 4.93. The van der Waals surface area contributed by atoms with Crippen molar-refractivity contribution < 1.29 is 9.47 Å². The van der Waals surface area contributed by atoms with Gasteiger partial charge in [0.2, 0.25) is 11.8 Å². The molecule has 0 bridgehead atoms. The third-order valence-corrected chi connectivity index (χ3v) is 3.82. The molecule has 0 aromatic carbocycles. The fourth-order valence-corrected chi connectivity index (χ4v) is 2.71. The lowest BCUT2D eigenvalue weighted by Crippen LogP contribution is -2.31. The summed E-state index contributed by atoms with van der Waals surface area (Å²) in [5.41, 5.74) is 0.926. The van der Waals surface area contributed by atoms with Crippen LogP contribution in [0.4, 0.5) is 5.95 Å². The molecule has 0 spiro atoms. The van der Waals surface area contributed by atoms with Crippen LogP contribution in [0.15, 0.2) is 6.07 Å². The molecule has 1 aromatic rings. The molecule has 1 saturated carbocycles.